The lowest BCUT2D eigenvalue weighted by Gasteiger charge is -2.13. The van der Waals surface area contributed by atoms with E-state index < -0.39 is 0 Å². The van der Waals surface area contributed by atoms with Gasteiger partial charge in [0.25, 0.3) is 0 Å². The molecular formula is C22H21ClN2O2S2. The van der Waals surface area contributed by atoms with Crippen LogP contribution < -0.4 is 10.6 Å². The molecule has 0 bridgehead atoms. The topological polar surface area (TPSA) is 50.4 Å². The van der Waals surface area contributed by atoms with E-state index in [1.165, 1.54) is 16.9 Å². The van der Waals surface area contributed by atoms with Crippen LogP contribution in [0.2, 0.25) is 5.02 Å². The van der Waals surface area contributed by atoms with E-state index in [1.54, 1.807) is 6.92 Å². The van der Waals surface area contributed by atoms with Gasteiger partial charge in [-0.15, -0.1) is 11.3 Å². The molecule has 150 valence electrons. The molecule has 2 aromatic carbocycles. The van der Waals surface area contributed by atoms with Crippen molar-refractivity contribution in [2.45, 2.75) is 20.3 Å². The number of anilines is 2. The summed E-state index contributed by atoms with van der Waals surface area (Å²) in [6.45, 7) is 4.07. The van der Waals surface area contributed by atoms with Gasteiger partial charge < -0.3 is 15.4 Å². The molecule has 0 aliphatic rings. The normalized spacial score (nSPS) is 10.4. The summed E-state index contributed by atoms with van der Waals surface area (Å²) in [7, 11) is 0. The van der Waals surface area contributed by atoms with Crippen molar-refractivity contribution in [1.29, 1.82) is 0 Å². The SMILES string of the molecule is CCOC(=O)c1cc(Cc2ccccc2)sc1NC(=S)Nc1cc(Cl)ccc1C. The van der Waals surface area contributed by atoms with Crippen molar-refractivity contribution in [3.63, 3.8) is 0 Å². The molecular weight excluding hydrogens is 424 g/mol. The van der Waals surface area contributed by atoms with Crippen LogP contribution in [0.4, 0.5) is 10.7 Å². The minimum atomic E-state index is -0.368. The zero-order valence-electron chi connectivity index (χ0n) is 16.1. The van der Waals surface area contributed by atoms with Gasteiger partial charge in [-0.05, 0) is 55.4 Å². The number of esters is 1. The number of rotatable bonds is 6. The Hall–Kier alpha value is -2.41. The van der Waals surface area contributed by atoms with E-state index in [0.29, 0.717) is 27.3 Å². The number of carbonyl (C=O) groups excluding carboxylic acids is 1. The molecule has 0 amide bonds. The molecule has 3 rings (SSSR count). The largest absolute Gasteiger partial charge is 0.462 e. The van der Waals surface area contributed by atoms with Crippen LogP contribution in [0.25, 0.3) is 0 Å². The number of halogens is 1. The molecule has 0 aliphatic heterocycles. The zero-order chi connectivity index (χ0) is 20.8. The Kier molecular flexibility index (Phi) is 7.25. The fourth-order valence-corrected chi connectivity index (χ4v) is 4.30. The molecule has 0 saturated heterocycles. The second kappa shape index (κ2) is 9.87. The number of ether oxygens (including phenoxy) is 1. The zero-order valence-corrected chi connectivity index (χ0v) is 18.5. The third-order valence-corrected chi connectivity index (χ3v) is 5.66. The van der Waals surface area contributed by atoms with Crippen LogP contribution in [0.1, 0.15) is 33.3 Å². The van der Waals surface area contributed by atoms with Crippen LogP contribution in [0.5, 0.6) is 0 Å². The summed E-state index contributed by atoms with van der Waals surface area (Å²) in [5.74, 6) is -0.368. The summed E-state index contributed by atoms with van der Waals surface area (Å²) < 4.78 is 5.21. The Morgan fingerprint density at radius 2 is 1.90 bits per heavy atom. The molecule has 0 atom stereocenters. The van der Waals surface area contributed by atoms with Gasteiger partial charge in [0.1, 0.15) is 5.00 Å². The summed E-state index contributed by atoms with van der Waals surface area (Å²) in [5.41, 5.74) is 3.48. The molecule has 29 heavy (non-hydrogen) atoms. The number of nitrogens with one attached hydrogen (secondary N) is 2. The summed E-state index contributed by atoms with van der Waals surface area (Å²) in [5, 5.41) is 7.96. The lowest BCUT2D eigenvalue weighted by molar-refractivity contribution is 0.0528. The number of thiocarbonyl (C=S) groups is 1. The van der Waals surface area contributed by atoms with Crippen molar-refractivity contribution in [3.8, 4) is 0 Å². The molecule has 1 heterocycles. The average molecular weight is 445 g/mol. The van der Waals surface area contributed by atoms with Crippen LogP contribution in [0.3, 0.4) is 0 Å². The predicted octanol–water partition coefficient (Wildman–Crippen LogP) is 6.29. The van der Waals surface area contributed by atoms with Crippen molar-refractivity contribution in [1.82, 2.24) is 0 Å². The van der Waals surface area contributed by atoms with E-state index in [1.807, 2.05) is 49.4 Å². The first-order valence-corrected chi connectivity index (χ1v) is 10.7. The van der Waals surface area contributed by atoms with E-state index in [-0.39, 0.29) is 5.97 Å². The maximum atomic E-state index is 12.4. The maximum Gasteiger partial charge on any atom is 0.341 e. The smallest absolute Gasteiger partial charge is 0.341 e. The highest BCUT2D eigenvalue weighted by atomic mass is 35.5. The van der Waals surface area contributed by atoms with E-state index in [2.05, 4.69) is 22.8 Å². The fraction of sp³-hybridized carbons (Fsp3) is 0.182. The minimum Gasteiger partial charge on any atom is -0.462 e. The number of hydrogen-bond acceptors (Lipinski definition) is 4. The molecule has 1 aromatic heterocycles. The highest BCUT2D eigenvalue weighted by Crippen LogP contribution is 2.31. The molecule has 0 fully saturated rings. The van der Waals surface area contributed by atoms with Crippen molar-refractivity contribution in [2.75, 3.05) is 17.2 Å². The summed E-state index contributed by atoms with van der Waals surface area (Å²) in [6, 6.07) is 17.5. The number of hydrogen-bond donors (Lipinski definition) is 2. The van der Waals surface area contributed by atoms with Gasteiger partial charge in [-0.1, -0.05) is 48.0 Å². The highest BCUT2D eigenvalue weighted by Gasteiger charge is 2.18. The molecule has 7 heteroatoms. The van der Waals surface area contributed by atoms with Crippen LogP contribution in [0.15, 0.2) is 54.6 Å². The number of thiophene rings is 1. The van der Waals surface area contributed by atoms with Crippen LogP contribution >= 0.6 is 35.2 Å². The van der Waals surface area contributed by atoms with Gasteiger partial charge >= 0.3 is 5.97 Å². The van der Waals surface area contributed by atoms with Gasteiger partial charge in [0, 0.05) is 22.0 Å². The summed E-state index contributed by atoms with van der Waals surface area (Å²) >= 11 is 13.0. The Balaban J connectivity index is 1.81. The summed E-state index contributed by atoms with van der Waals surface area (Å²) in [6.07, 6.45) is 0.729. The van der Waals surface area contributed by atoms with E-state index >= 15 is 0 Å². The quantitative estimate of drug-likeness (QED) is 0.345. The van der Waals surface area contributed by atoms with Gasteiger partial charge in [-0.25, -0.2) is 4.79 Å². The van der Waals surface area contributed by atoms with Crippen molar-refractivity contribution < 1.29 is 9.53 Å². The summed E-state index contributed by atoms with van der Waals surface area (Å²) in [4.78, 5) is 13.5. The monoisotopic (exact) mass is 444 g/mol. The van der Waals surface area contributed by atoms with Gasteiger partial charge in [0.2, 0.25) is 0 Å². The standard InChI is InChI=1S/C22H21ClN2O2S2/c1-3-27-21(26)18-13-17(11-15-7-5-4-6-8-15)29-20(18)25-22(28)24-19-12-16(23)10-9-14(19)2/h4-10,12-13H,3,11H2,1-2H3,(H2,24,25,28). The second-order valence-corrected chi connectivity index (χ2v) is 8.36. The Labute approximate surface area is 184 Å². The molecule has 0 unspecified atom stereocenters. The van der Waals surface area contributed by atoms with E-state index in [4.69, 9.17) is 28.6 Å². The molecule has 0 aliphatic carbocycles. The maximum absolute atomic E-state index is 12.4. The van der Waals surface area contributed by atoms with Crippen LogP contribution in [0, 0.1) is 6.92 Å². The van der Waals surface area contributed by atoms with E-state index in [0.717, 1.165) is 22.5 Å². The Bertz CT molecular complexity index is 1020. The first-order chi connectivity index (χ1) is 14.0. The van der Waals surface area contributed by atoms with Gasteiger partial charge in [0.05, 0.1) is 12.2 Å². The van der Waals surface area contributed by atoms with Crippen molar-refractivity contribution >= 4 is 56.9 Å². The average Bonchev–Trinajstić information content (AvgIpc) is 3.08. The lowest BCUT2D eigenvalue weighted by Crippen LogP contribution is -2.20. The van der Waals surface area contributed by atoms with Gasteiger partial charge in [-0.3, -0.25) is 0 Å². The molecule has 0 saturated carbocycles. The third-order valence-electron chi connectivity index (χ3n) is 4.17. The van der Waals surface area contributed by atoms with Crippen molar-refractivity contribution in [3.05, 3.63) is 81.2 Å². The third kappa shape index (κ3) is 5.79. The van der Waals surface area contributed by atoms with Crippen LogP contribution in [-0.2, 0) is 11.2 Å². The second-order valence-electron chi connectivity index (χ2n) is 6.38. The van der Waals surface area contributed by atoms with Gasteiger partial charge in [-0.2, -0.15) is 0 Å². The first kappa shape index (κ1) is 21.3. The first-order valence-electron chi connectivity index (χ1n) is 9.14. The van der Waals surface area contributed by atoms with Gasteiger partial charge in [0.15, 0.2) is 5.11 Å². The number of aryl methyl sites for hydroxylation is 1. The van der Waals surface area contributed by atoms with E-state index in [9.17, 15) is 4.79 Å². The lowest BCUT2D eigenvalue weighted by atomic mass is 10.1. The molecule has 0 spiro atoms. The molecule has 3 aromatic rings. The fourth-order valence-electron chi connectivity index (χ4n) is 2.77. The number of carbonyl (C=O) groups is 1. The highest BCUT2D eigenvalue weighted by molar-refractivity contribution is 7.80. The molecule has 2 N–H and O–H groups in total. The Morgan fingerprint density at radius 1 is 1.14 bits per heavy atom. The molecule has 4 nitrogen and oxygen atoms in total. The minimum absolute atomic E-state index is 0.312. The Morgan fingerprint density at radius 3 is 2.62 bits per heavy atom. The predicted molar refractivity (Wildman–Crippen MR) is 126 cm³/mol. The number of benzene rings is 2. The van der Waals surface area contributed by atoms with Crippen molar-refractivity contribution in [2.24, 2.45) is 0 Å². The molecule has 0 radical (unpaired) electrons. The van der Waals surface area contributed by atoms with Crippen LogP contribution in [-0.4, -0.2) is 17.7 Å².